The SMILES string of the molecule is CCCCCCCCCC[N+](C)(C)CCCCCCC. The first kappa shape index (κ1) is 20.0. The van der Waals surface area contributed by atoms with Crippen LogP contribution in [0.5, 0.6) is 0 Å². The summed E-state index contributed by atoms with van der Waals surface area (Å²) in [6.07, 6.45) is 18.6. The second kappa shape index (κ2) is 13.9. The molecule has 0 aromatic carbocycles. The first-order valence-electron chi connectivity index (χ1n) is 9.44. The summed E-state index contributed by atoms with van der Waals surface area (Å²) >= 11 is 0. The van der Waals surface area contributed by atoms with Gasteiger partial charge in [0.05, 0.1) is 27.2 Å². The van der Waals surface area contributed by atoms with Crippen LogP contribution in [-0.4, -0.2) is 31.7 Å². The van der Waals surface area contributed by atoms with Crippen LogP contribution >= 0.6 is 0 Å². The number of quaternary nitrogens is 1. The molecule has 0 fully saturated rings. The van der Waals surface area contributed by atoms with Crippen LogP contribution in [-0.2, 0) is 0 Å². The molecular weight excluding hydrogens is 242 g/mol. The van der Waals surface area contributed by atoms with Crippen LogP contribution in [0.3, 0.4) is 0 Å². The third-order valence-corrected chi connectivity index (χ3v) is 4.48. The minimum Gasteiger partial charge on any atom is -0.328 e. The van der Waals surface area contributed by atoms with Crippen molar-refractivity contribution in [1.82, 2.24) is 0 Å². The van der Waals surface area contributed by atoms with E-state index in [1.807, 2.05) is 0 Å². The van der Waals surface area contributed by atoms with Gasteiger partial charge in [0.15, 0.2) is 0 Å². The zero-order valence-corrected chi connectivity index (χ0v) is 15.1. The number of hydrogen-bond acceptors (Lipinski definition) is 0. The van der Waals surface area contributed by atoms with E-state index in [-0.39, 0.29) is 0 Å². The first-order valence-corrected chi connectivity index (χ1v) is 9.44. The molecule has 0 aromatic rings. The molecule has 0 bridgehead atoms. The largest absolute Gasteiger partial charge is 0.328 e. The minimum absolute atomic E-state index is 1.24. The molecule has 0 aliphatic carbocycles. The molecular formula is C19H42N+. The summed E-state index contributed by atoms with van der Waals surface area (Å²) in [5.74, 6) is 0. The molecule has 0 saturated heterocycles. The van der Waals surface area contributed by atoms with Crippen molar-refractivity contribution >= 4 is 0 Å². The Kier molecular flexibility index (Phi) is 13.9. The molecule has 0 aromatic heterocycles. The minimum atomic E-state index is 1.24. The van der Waals surface area contributed by atoms with Crippen molar-refractivity contribution in [3.8, 4) is 0 Å². The zero-order valence-electron chi connectivity index (χ0n) is 15.1. The predicted molar refractivity (Wildman–Crippen MR) is 93.2 cm³/mol. The van der Waals surface area contributed by atoms with Crippen LogP contribution in [0, 0.1) is 0 Å². The van der Waals surface area contributed by atoms with Gasteiger partial charge >= 0.3 is 0 Å². The molecule has 0 atom stereocenters. The molecule has 0 spiro atoms. The molecule has 1 nitrogen and oxygen atoms in total. The van der Waals surface area contributed by atoms with E-state index in [4.69, 9.17) is 0 Å². The van der Waals surface area contributed by atoms with E-state index < -0.39 is 0 Å². The van der Waals surface area contributed by atoms with Crippen molar-refractivity contribution in [3.05, 3.63) is 0 Å². The molecule has 0 aliphatic rings. The summed E-state index contributed by atoms with van der Waals surface area (Å²) < 4.78 is 1.24. The van der Waals surface area contributed by atoms with Gasteiger partial charge in [-0.25, -0.2) is 0 Å². The van der Waals surface area contributed by atoms with Gasteiger partial charge in [0, 0.05) is 0 Å². The second-order valence-corrected chi connectivity index (χ2v) is 7.27. The van der Waals surface area contributed by atoms with Gasteiger partial charge in [-0.05, 0) is 25.7 Å². The number of rotatable bonds is 15. The molecule has 0 saturated carbocycles. The molecule has 1 heteroatoms. The van der Waals surface area contributed by atoms with Gasteiger partial charge in [-0.15, -0.1) is 0 Å². The van der Waals surface area contributed by atoms with Crippen molar-refractivity contribution in [1.29, 1.82) is 0 Å². The Morgan fingerprint density at radius 3 is 1.10 bits per heavy atom. The summed E-state index contributed by atoms with van der Waals surface area (Å²) in [7, 11) is 4.84. The molecule has 0 N–H and O–H groups in total. The van der Waals surface area contributed by atoms with Crippen molar-refractivity contribution in [2.24, 2.45) is 0 Å². The van der Waals surface area contributed by atoms with Gasteiger partial charge in [0.1, 0.15) is 0 Å². The van der Waals surface area contributed by atoms with Crippen molar-refractivity contribution in [2.45, 2.75) is 97.3 Å². The summed E-state index contributed by atoms with van der Waals surface area (Å²) in [5.41, 5.74) is 0. The van der Waals surface area contributed by atoms with E-state index >= 15 is 0 Å². The first-order chi connectivity index (χ1) is 9.62. The number of hydrogen-bond donors (Lipinski definition) is 0. The Balaban J connectivity index is 3.33. The predicted octanol–water partition coefficient (Wildman–Crippen LogP) is 6.17. The van der Waals surface area contributed by atoms with Gasteiger partial charge in [-0.2, -0.15) is 0 Å². The Morgan fingerprint density at radius 1 is 0.450 bits per heavy atom. The van der Waals surface area contributed by atoms with Crippen molar-refractivity contribution in [2.75, 3.05) is 27.2 Å². The highest BCUT2D eigenvalue weighted by atomic mass is 15.3. The van der Waals surface area contributed by atoms with Crippen LogP contribution in [0.25, 0.3) is 0 Å². The molecule has 0 heterocycles. The number of unbranched alkanes of at least 4 members (excludes halogenated alkanes) is 11. The highest BCUT2D eigenvalue weighted by Gasteiger charge is 2.13. The van der Waals surface area contributed by atoms with Gasteiger partial charge in [0.25, 0.3) is 0 Å². The molecule has 0 aliphatic heterocycles. The van der Waals surface area contributed by atoms with E-state index in [1.165, 1.54) is 101 Å². The fourth-order valence-electron chi connectivity index (χ4n) is 2.93. The van der Waals surface area contributed by atoms with Crippen LogP contribution in [0.2, 0.25) is 0 Å². The highest BCUT2D eigenvalue weighted by Crippen LogP contribution is 2.11. The third kappa shape index (κ3) is 14.4. The Morgan fingerprint density at radius 2 is 0.750 bits per heavy atom. The maximum atomic E-state index is 2.42. The average molecular weight is 285 g/mol. The van der Waals surface area contributed by atoms with E-state index in [0.717, 1.165) is 0 Å². The van der Waals surface area contributed by atoms with Crippen LogP contribution in [0.4, 0.5) is 0 Å². The third-order valence-electron chi connectivity index (χ3n) is 4.48. The van der Waals surface area contributed by atoms with E-state index in [9.17, 15) is 0 Å². The molecule has 0 rings (SSSR count). The summed E-state index contributed by atoms with van der Waals surface area (Å²) in [4.78, 5) is 0. The number of nitrogens with zero attached hydrogens (tertiary/aromatic N) is 1. The smallest absolute Gasteiger partial charge is 0.0782 e. The van der Waals surface area contributed by atoms with Crippen molar-refractivity contribution in [3.63, 3.8) is 0 Å². The van der Waals surface area contributed by atoms with Gasteiger partial charge in [0.2, 0.25) is 0 Å². The van der Waals surface area contributed by atoms with Gasteiger partial charge in [-0.1, -0.05) is 71.6 Å². The average Bonchev–Trinajstić information content (AvgIpc) is 2.41. The van der Waals surface area contributed by atoms with Gasteiger partial charge in [-0.3, -0.25) is 0 Å². The monoisotopic (exact) mass is 284 g/mol. The fraction of sp³-hybridized carbons (Fsp3) is 1.00. The maximum Gasteiger partial charge on any atom is 0.0782 e. The fourth-order valence-corrected chi connectivity index (χ4v) is 2.93. The lowest BCUT2D eigenvalue weighted by atomic mass is 10.1. The van der Waals surface area contributed by atoms with Gasteiger partial charge < -0.3 is 4.48 Å². The zero-order chi connectivity index (χ0) is 15.1. The normalized spacial score (nSPS) is 12.0. The summed E-state index contributed by atoms with van der Waals surface area (Å²) in [6, 6.07) is 0. The summed E-state index contributed by atoms with van der Waals surface area (Å²) in [6.45, 7) is 7.34. The lowest BCUT2D eigenvalue weighted by Crippen LogP contribution is -2.41. The molecule has 0 unspecified atom stereocenters. The Labute approximate surface area is 129 Å². The van der Waals surface area contributed by atoms with Crippen LogP contribution in [0.1, 0.15) is 97.3 Å². The standard InChI is InChI=1S/C19H42N/c1-5-7-9-11-12-13-15-17-19-20(3,4)18-16-14-10-8-6-2/h5-19H2,1-4H3/q+1. The quantitative estimate of drug-likeness (QED) is 0.249. The lowest BCUT2D eigenvalue weighted by Gasteiger charge is -2.30. The molecule has 0 amide bonds. The molecule has 20 heavy (non-hydrogen) atoms. The summed E-state index contributed by atoms with van der Waals surface area (Å²) in [5, 5.41) is 0. The van der Waals surface area contributed by atoms with E-state index in [0.29, 0.717) is 0 Å². The van der Waals surface area contributed by atoms with Crippen LogP contribution < -0.4 is 0 Å². The molecule has 0 radical (unpaired) electrons. The van der Waals surface area contributed by atoms with Crippen LogP contribution in [0.15, 0.2) is 0 Å². The Hall–Kier alpha value is -0.0400. The maximum absolute atomic E-state index is 2.42. The van der Waals surface area contributed by atoms with E-state index in [1.54, 1.807) is 0 Å². The highest BCUT2D eigenvalue weighted by molar-refractivity contribution is 4.47. The van der Waals surface area contributed by atoms with E-state index in [2.05, 4.69) is 27.9 Å². The van der Waals surface area contributed by atoms with Crippen molar-refractivity contribution < 1.29 is 4.48 Å². The topological polar surface area (TPSA) is 0 Å². The Bertz CT molecular complexity index is 186. The molecule has 122 valence electrons. The lowest BCUT2D eigenvalue weighted by molar-refractivity contribution is -0.890. The second-order valence-electron chi connectivity index (χ2n) is 7.27.